The Labute approximate surface area is 132 Å². The van der Waals surface area contributed by atoms with Gasteiger partial charge in [0.05, 0.1) is 4.90 Å². The summed E-state index contributed by atoms with van der Waals surface area (Å²) in [5, 5.41) is 0.543. The summed E-state index contributed by atoms with van der Waals surface area (Å²) >= 11 is 5.83. The van der Waals surface area contributed by atoms with Gasteiger partial charge in [0, 0.05) is 11.1 Å². The number of sulfonamides is 1. The maximum absolute atomic E-state index is 12.6. The second-order valence-corrected chi connectivity index (χ2v) is 9.39. The van der Waals surface area contributed by atoms with Crippen molar-refractivity contribution < 1.29 is 8.42 Å². The minimum atomic E-state index is -3.48. The summed E-state index contributed by atoms with van der Waals surface area (Å²) in [5.41, 5.74) is 0.233. The zero-order valence-electron chi connectivity index (χ0n) is 12.7. The van der Waals surface area contributed by atoms with E-state index in [1.165, 1.54) is 6.42 Å². The van der Waals surface area contributed by atoms with E-state index in [9.17, 15) is 8.42 Å². The average Bonchev–Trinajstić information content (AvgIpc) is 2.72. The molecule has 1 N–H and O–H groups in total. The first-order chi connectivity index (χ1) is 9.67. The van der Waals surface area contributed by atoms with E-state index in [1.807, 2.05) is 0 Å². The molecule has 116 valence electrons. The number of rotatable bonds is 3. The predicted molar refractivity (Wildman–Crippen MR) is 84.8 cm³/mol. The smallest absolute Gasteiger partial charge is 0.207 e. The van der Waals surface area contributed by atoms with Crippen LogP contribution >= 0.6 is 11.6 Å². The van der Waals surface area contributed by atoms with Gasteiger partial charge >= 0.3 is 0 Å². The lowest BCUT2D eigenvalue weighted by atomic mass is 9.69. The Kier molecular flexibility index (Phi) is 3.43. The van der Waals surface area contributed by atoms with E-state index in [4.69, 9.17) is 11.6 Å². The van der Waals surface area contributed by atoms with Crippen molar-refractivity contribution in [3.8, 4) is 0 Å². The third-order valence-electron chi connectivity index (χ3n) is 6.22. The maximum atomic E-state index is 12.6. The molecule has 0 heterocycles. The monoisotopic (exact) mass is 327 g/mol. The highest BCUT2D eigenvalue weighted by molar-refractivity contribution is 7.89. The van der Waals surface area contributed by atoms with Crippen molar-refractivity contribution in [3.05, 3.63) is 29.3 Å². The van der Waals surface area contributed by atoms with Crippen LogP contribution in [0.25, 0.3) is 0 Å². The Balaban J connectivity index is 1.86. The lowest BCUT2D eigenvalue weighted by Gasteiger charge is -2.39. The number of hydrogen-bond acceptors (Lipinski definition) is 2. The summed E-state index contributed by atoms with van der Waals surface area (Å²) in [6.45, 7) is 6.79. The highest BCUT2D eigenvalue weighted by atomic mass is 35.5. The fourth-order valence-electron chi connectivity index (χ4n) is 4.25. The van der Waals surface area contributed by atoms with E-state index in [-0.39, 0.29) is 21.8 Å². The first-order valence-corrected chi connectivity index (χ1v) is 9.31. The summed E-state index contributed by atoms with van der Waals surface area (Å²) in [4.78, 5) is 0.288. The standard InChI is InChI=1S/C16H22ClNO2S/c1-15(2)11-8-9-16(15,3)14(10-11)18-21(19,20)13-6-4-12(17)5-7-13/h4-7,11,14,18H,8-10H2,1-3H3/t11?,14?,16-/m0/s1. The van der Waals surface area contributed by atoms with Gasteiger partial charge in [0.2, 0.25) is 10.0 Å². The molecule has 1 aromatic carbocycles. The molecule has 2 aliphatic carbocycles. The summed E-state index contributed by atoms with van der Waals surface area (Å²) in [7, 11) is -3.48. The second-order valence-electron chi connectivity index (χ2n) is 7.24. The quantitative estimate of drug-likeness (QED) is 0.917. The van der Waals surface area contributed by atoms with E-state index < -0.39 is 10.0 Å². The van der Waals surface area contributed by atoms with E-state index in [0.29, 0.717) is 10.9 Å². The average molecular weight is 328 g/mol. The molecule has 21 heavy (non-hydrogen) atoms. The van der Waals surface area contributed by atoms with Crippen molar-refractivity contribution in [3.63, 3.8) is 0 Å². The molecule has 0 aromatic heterocycles. The summed E-state index contributed by atoms with van der Waals surface area (Å²) in [5.74, 6) is 0.611. The second kappa shape index (κ2) is 4.71. The number of halogens is 1. The summed E-state index contributed by atoms with van der Waals surface area (Å²) in [6.07, 6.45) is 3.25. The first kappa shape index (κ1) is 15.3. The largest absolute Gasteiger partial charge is 0.240 e. The van der Waals surface area contributed by atoms with Gasteiger partial charge in [-0.25, -0.2) is 13.1 Å². The predicted octanol–water partition coefficient (Wildman–Crippen LogP) is 3.83. The van der Waals surface area contributed by atoms with Crippen LogP contribution in [0.4, 0.5) is 0 Å². The van der Waals surface area contributed by atoms with Crippen molar-refractivity contribution in [2.75, 3.05) is 0 Å². The van der Waals surface area contributed by atoms with Gasteiger partial charge in [-0.05, 0) is 60.3 Å². The Morgan fingerprint density at radius 1 is 1.19 bits per heavy atom. The zero-order chi connectivity index (χ0) is 15.5. The molecule has 2 aliphatic rings. The molecule has 0 saturated heterocycles. The van der Waals surface area contributed by atoms with Gasteiger partial charge in [-0.15, -0.1) is 0 Å². The van der Waals surface area contributed by atoms with Crippen LogP contribution in [0, 0.1) is 16.7 Å². The van der Waals surface area contributed by atoms with Gasteiger partial charge in [0.15, 0.2) is 0 Å². The van der Waals surface area contributed by atoms with Gasteiger partial charge in [0.25, 0.3) is 0 Å². The Morgan fingerprint density at radius 3 is 2.29 bits per heavy atom. The van der Waals surface area contributed by atoms with Crippen molar-refractivity contribution in [2.45, 2.75) is 51.0 Å². The van der Waals surface area contributed by atoms with Gasteiger partial charge in [0.1, 0.15) is 0 Å². The molecule has 3 atom stereocenters. The maximum Gasteiger partial charge on any atom is 0.240 e. The fraction of sp³-hybridized carbons (Fsp3) is 0.625. The highest BCUT2D eigenvalue weighted by Gasteiger charge is 2.61. The van der Waals surface area contributed by atoms with Crippen LogP contribution in [0.5, 0.6) is 0 Å². The number of nitrogens with one attached hydrogen (secondary N) is 1. The van der Waals surface area contributed by atoms with Crippen molar-refractivity contribution in [1.29, 1.82) is 0 Å². The van der Waals surface area contributed by atoms with Crippen LogP contribution in [-0.4, -0.2) is 14.5 Å². The number of fused-ring (bicyclic) bond motifs is 2. The molecule has 5 heteroatoms. The molecule has 0 aliphatic heterocycles. The highest BCUT2D eigenvalue weighted by Crippen LogP contribution is 2.65. The van der Waals surface area contributed by atoms with Crippen LogP contribution in [0.2, 0.25) is 5.02 Å². The van der Waals surface area contributed by atoms with Crippen LogP contribution in [0.3, 0.4) is 0 Å². The van der Waals surface area contributed by atoms with Crippen LogP contribution in [0.1, 0.15) is 40.0 Å². The van der Waals surface area contributed by atoms with Crippen molar-refractivity contribution >= 4 is 21.6 Å². The first-order valence-electron chi connectivity index (χ1n) is 7.45. The Morgan fingerprint density at radius 2 is 1.81 bits per heavy atom. The van der Waals surface area contributed by atoms with Gasteiger partial charge in [-0.1, -0.05) is 32.4 Å². The summed E-state index contributed by atoms with van der Waals surface area (Å²) < 4.78 is 28.1. The Hall–Kier alpha value is -0.580. The normalized spacial score (nSPS) is 34.3. The molecule has 2 fully saturated rings. The minimum Gasteiger partial charge on any atom is -0.207 e. The number of hydrogen-bond donors (Lipinski definition) is 1. The van der Waals surface area contributed by atoms with Gasteiger partial charge in [-0.3, -0.25) is 0 Å². The molecule has 2 saturated carbocycles. The third-order valence-corrected chi connectivity index (χ3v) is 7.95. The number of benzene rings is 1. The molecule has 0 radical (unpaired) electrons. The van der Waals surface area contributed by atoms with E-state index >= 15 is 0 Å². The van der Waals surface area contributed by atoms with Crippen LogP contribution in [0.15, 0.2) is 29.2 Å². The van der Waals surface area contributed by atoms with Gasteiger partial charge < -0.3 is 0 Å². The lowest BCUT2D eigenvalue weighted by molar-refractivity contribution is 0.130. The molecule has 3 rings (SSSR count). The molecular weight excluding hydrogens is 306 g/mol. The van der Waals surface area contributed by atoms with E-state index in [2.05, 4.69) is 25.5 Å². The van der Waals surface area contributed by atoms with E-state index in [1.54, 1.807) is 24.3 Å². The topological polar surface area (TPSA) is 46.2 Å². The molecular formula is C16H22ClNO2S. The van der Waals surface area contributed by atoms with Crippen molar-refractivity contribution in [1.82, 2.24) is 4.72 Å². The minimum absolute atomic E-state index is 0.0203. The Bertz CT molecular complexity index is 653. The lowest BCUT2D eigenvalue weighted by Crippen LogP contribution is -2.46. The van der Waals surface area contributed by atoms with Gasteiger partial charge in [-0.2, -0.15) is 0 Å². The molecule has 0 amide bonds. The third kappa shape index (κ3) is 2.23. The molecule has 3 nitrogen and oxygen atoms in total. The SMILES string of the molecule is CC1(C)C2CC[C@@]1(C)C(NS(=O)(=O)c1ccc(Cl)cc1)C2. The summed E-state index contributed by atoms with van der Waals surface area (Å²) in [6, 6.07) is 6.37. The molecule has 2 bridgehead atoms. The van der Waals surface area contributed by atoms with Crippen LogP contribution < -0.4 is 4.72 Å². The fourth-order valence-corrected chi connectivity index (χ4v) is 5.74. The molecule has 1 aromatic rings. The van der Waals surface area contributed by atoms with E-state index in [0.717, 1.165) is 12.8 Å². The van der Waals surface area contributed by atoms with Crippen molar-refractivity contribution in [2.24, 2.45) is 16.7 Å². The molecule has 0 spiro atoms. The zero-order valence-corrected chi connectivity index (χ0v) is 14.3. The van der Waals surface area contributed by atoms with Crippen LogP contribution in [-0.2, 0) is 10.0 Å². The molecule has 2 unspecified atom stereocenters.